The third-order valence-electron chi connectivity index (χ3n) is 2.71. The number of aromatic nitrogens is 2. The molecule has 0 radical (unpaired) electrons. The number of rotatable bonds is 4. The van der Waals surface area contributed by atoms with E-state index in [4.69, 9.17) is 0 Å². The maximum atomic E-state index is 12.7. The molecule has 17 heavy (non-hydrogen) atoms. The van der Waals surface area contributed by atoms with Crippen LogP contribution in [0.1, 0.15) is 22.8 Å². The van der Waals surface area contributed by atoms with Gasteiger partial charge in [-0.05, 0) is 31.5 Å². The molecule has 0 atom stereocenters. The molecule has 0 amide bonds. The fraction of sp³-hybridized carbons (Fsp3) is 0.308. The number of nitrogens with zero attached hydrogens (tertiary/aromatic N) is 1. The average Bonchev–Trinajstić information content (AvgIpc) is 2.61. The van der Waals surface area contributed by atoms with Crippen molar-refractivity contribution in [2.75, 3.05) is 0 Å². The van der Waals surface area contributed by atoms with Crippen molar-refractivity contribution in [3.8, 4) is 0 Å². The Hall–Kier alpha value is -1.68. The topological polar surface area (TPSA) is 40.7 Å². The van der Waals surface area contributed by atoms with Gasteiger partial charge in [0.15, 0.2) is 0 Å². The van der Waals surface area contributed by atoms with E-state index in [0.29, 0.717) is 13.1 Å². The van der Waals surface area contributed by atoms with Gasteiger partial charge in [-0.15, -0.1) is 0 Å². The standard InChI is InChI=1S/C13H16FN3/c1-9-10(2)17-13(16-9)8-15-7-11-3-5-12(14)6-4-11/h3-6,15H,7-8H2,1-2H3,(H,16,17). The Morgan fingerprint density at radius 2 is 1.88 bits per heavy atom. The lowest BCUT2D eigenvalue weighted by Gasteiger charge is -2.02. The van der Waals surface area contributed by atoms with Crippen molar-refractivity contribution in [2.24, 2.45) is 0 Å². The van der Waals surface area contributed by atoms with Crippen molar-refractivity contribution in [1.29, 1.82) is 0 Å². The molecule has 3 nitrogen and oxygen atoms in total. The molecule has 0 fully saturated rings. The Morgan fingerprint density at radius 3 is 2.47 bits per heavy atom. The van der Waals surface area contributed by atoms with Gasteiger partial charge in [-0.2, -0.15) is 0 Å². The molecule has 0 aliphatic carbocycles. The van der Waals surface area contributed by atoms with E-state index >= 15 is 0 Å². The van der Waals surface area contributed by atoms with E-state index in [2.05, 4.69) is 15.3 Å². The highest BCUT2D eigenvalue weighted by atomic mass is 19.1. The maximum absolute atomic E-state index is 12.7. The molecule has 2 aromatic rings. The summed E-state index contributed by atoms with van der Waals surface area (Å²) in [7, 11) is 0. The second-order valence-electron chi connectivity index (χ2n) is 4.12. The zero-order valence-corrected chi connectivity index (χ0v) is 10.0. The Labute approximate surface area is 100 Å². The third kappa shape index (κ3) is 3.14. The lowest BCUT2D eigenvalue weighted by atomic mass is 10.2. The highest BCUT2D eigenvalue weighted by Crippen LogP contribution is 2.04. The third-order valence-corrected chi connectivity index (χ3v) is 2.71. The molecule has 0 aliphatic heterocycles. The maximum Gasteiger partial charge on any atom is 0.123 e. The molecule has 0 aliphatic rings. The predicted molar refractivity (Wildman–Crippen MR) is 65.0 cm³/mol. The molecule has 0 spiro atoms. The molecule has 2 rings (SSSR count). The monoisotopic (exact) mass is 233 g/mol. The first-order valence-corrected chi connectivity index (χ1v) is 5.62. The van der Waals surface area contributed by atoms with E-state index in [0.717, 1.165) is 22.8 Å². The van der Waals surface area contributed by atoms with Crippen molar-refractivity contribution < 1.29 is 4.39 Å². The van der Waals surface area contributed by atoms with Gasteiger partial charge >= 0.3 is 0 Å². The summed E-state index contributed by atoms with van der Waals surface area (Å²) in [6.07, 6.45) is 0. The van der Waals surface area contributed by atoms with Crippen LogP contribution in [0.2, 0.25) is 0 Å². The molecular weight excluding hydrogens is 217 g/mol. The van der Waals surface area contributed by atoms with Crippen molar-refractivity contribution in [3.63, 3.8) is 0 Å². The molecule has 2 N–H and O–H groups in total. The van der Waals surface area contributed by atoms with Crippen LogP contribution >= 0.6 is 0 Å². The summed E-state index contributed by atoms with van der Waals surface area (Å²) < 4.78 is 12.7. The average molecular weight is 233 g/mol. The molecular formula is C13H16FN3. The molecule has 0 bridgehead atoms. The zero-order chi connectivity index (χ0) is 12.3. The molecule has 0 unspecified atom stereocenters. The number of halogens is 1. The molecule has 4 heteroatoms. The Kier molecular flexibility index (Phi) is 3.54. The number of hydrogen-bond acceptors (Lipinski definition) is 2. The van der Waals surface area contributed by atoms with Crippen molar-refractivity contribution in [3.05, 3.63) is 52.9 Å². The van der Waals surface area contributed by atoms with Crippen LogP contribution in [0.3, 0.4) is 0 Å². The highest BCUT2D eigenvalue weighted by Gasteiger charge is 2.01. The first kappa shape index (κ1) is 11.8. The van der Waals surface area contributed by atoms with Crippen LogP contribution < -0.4 is 5.32 Å². The summed E-state index contributed by atoms with van der Waals surface area (Å²) in [5, 5.41) is 3.26. The fourth-order valence-electron chi connectivity index (χ4n) is 1.63. The van der Waals surface area contributed by atoms with Crippen molar-refractivity contribution in [2.45, 2.75) is 26.9 Å². The molecule has 90 valence electrons. The Morgan fingerprint density at radius 1 is 1.18 bits per heavy atom. The SMILES string of the molecule is Cc1nc(CNCc2ccc(F)cc2)[nH]c1C. The lowest BCUT2D eigenvalue weighted by Crippen LogP contribution is -2.13. The van der Waals surface area contributed by atoms with Crippen molar-refractivity contribution in [1.82, 2.24) is 15.3 Å². The minimum absolute atomic E-state index is 0.203. The van der Waals surface area contributed by atoms with Crippen LogP contribution in [-0.4, -0.2) is 9.97 Å². The van der Waals surface area contributed by atoms with Gasteiger partial charge in [-0.3, -0.25) is 0 Å². The van der Waals surface area contributed by atoms with E-state index in [1.165, 1.54) is 12.1 Å². The van der Waals surface area contributed by atoms with Crippen LogP contribution in [0.25, 0.3) is 0 Å². The van der Waals surface area contributed by atoms with Crippen LogP contribution in [-0.2, 0) is 13.1 Å². The Bertz CT molecular complexity index is 468. The summed E-state index contributed by atoms with van der Waals surface area (Å²) in [6.45, 7) is 5.38. The van der Waals surface area contributed by atoms with E-state index in [1.54, 1.807) is 12.1 Å². The second kappa shape index (κ2) is 5.10. The summed E-state index contributed by atoms with van der Waals surface area (Å²) in [6, 6.07) is 6.50. The van der Waals surface area contributed by atoms with Crippen molar-refractivity contribution >= 4 is 0 Å². The minimum atomic E-state index is -0.203. The van der Waals surface area contributed by atoms with Crippen LogP contribution in [0.5, 0.6) is 0 Å². The summed E-state index contributed by atoms with van der Waals surface area (Å²) in [4.78, 5) is 7.58. The number of hydrogen-bond donors (Lipinski definition) is 2. The first-order valence-electron chi connectivity index (χ1n) is 5.62. The smallest absolute Gasteiger partial charge is 0.123 e. The minimum Gasteiger partial charge on any atom is -0.345 e. The van der Waals surface area contributed by atoms with Crippen LogP contribution in [0, 0.1) is 19.7 Å². The van der Waals surface area contributed by atoms with E-state index in [9.17, 15) is 4.39 Å². The molecule has 0 saturated heterocycles. The van der Waals surface area contributed by atoms with Gasteiger partial charge in [-0.25, -0.2) is 9.37 Å². The normalized spacial score (nSPS) is 10.8. The lowest BCUT2D eigenvalue weighted by molar-refractivity contribution is 0.623. The highest BCUT2D eigenvalue weighted by molar-refractivity contribution is 5.16. The number of aryl methyl sites for hydroxylation is 2. The van der Waals surface area contributed by atoms with Gasteiger partial charge in [0.2, 0.25) is 0 Å². The quantitative estimate of drug-likeness (QED) is 0.851. The fourth-order valence-corrected chi connectivity index (χ4v) is 1.63. The number of aromatic amines is 1. The van der Waals surface area contributed by atoms with Gasteiger partial charge in [-0.1, -0.05) is 12.1 Å². The Balaban J connectivity index is 1.85. The molecule has 1 aromatic carbocycles. The largest absolute Gasteiger partial charge is 0.345 e. The molecule has 1 heterocycles. The van der Waals surface area contributed by atoms with Gasteiger partial charge in [0.05, 0.1) is 12.2 Å². The summed E-state index contributed by atoms with van der Waals surface area (Å²) in [5.74, 6) is 0.730. The van der Waals surface area contributed by atoms with Gasteiger partial charge in [0.25, 0.3) is 0 Å². The van der Waals surface area contributed by atoms with Gasteiger partial charge in [0.1, 0.15) is 11.6 Å². The van der Waals surface area contributed by atoms with Crippen LogP contribution in [0.4, 0.5) is 4.39 Å². The first-order chi connectivity index (χ1) is 8.15. The van der Waals surface area contributed by atoms with E-state index < -0.39 is 0 Å². The second-order valence-corrected chi connectivity index (χ2v) is 4.12. The number of H-pyrrole nitrogens is 1. The summed E-state index contributed by atoms with van der Waals surface area (Å²) >= 11 is 0. The zero-order valence-electron chi connectivity index (χ0n) is 10.0. The van der Waals surface area contributed by atoms with Gasteiger partial charge < -0.3 is 10.3 Å². The van der Waals surface area contributed by atoms with Gasteiger partial charge in [0, 0.05) is 12.2 Å². The molecule has 1 aromatic heterocycles. The molecule has 0 saturated carbocycles. The number of benzene rings is 1. The summed E-state index contributed by atoms with van der Waals surface area (Å²) in [5.41, 5.74) is 3.19. The van der Waals surface area contributed by atoms with E-state index in [1.807, 2.05) is 13.8 Å². The number of imidazole rings is 1. The predicted octanol–water partition coefficient (Wildman–Crippen LogP) is 2.46. The number of nitrogens with one attached hydrogen (secondary N) is 2. The van der Waals surface area contributed by atoms with Crippen LogP contribution in [0.15, 0.2) is 24.3 Å². The van der Waals surface area contributed by atoms with E-state index in [-0.39, 0.29) is 5.82 Å².